The minimum atomic E-state index is -0.0578. The van der Waals surface area contributed by atoms with Crippen LogP contribution in [0.25, 0.3) is 0 Å². The van der Waals surface area contributed by atoms with E-state index in [4.69, 9.17) is 0 Å². The highest BCUT2D eigenvalue weighted by Crippen LogP contribution is 2.48. The third-order valence-electron chi connectivity index (χ3n) is 4.84. The zero-order valence-corrected chi connectivity index (χ0v) is 14.8. The monoisotopic (exact) mass is 379 g/mol. The molecule has 23 heavy (non-hydrogen) atoms. The van der Waals surface area contributed by atoms with Crippen molar-refractivity contribution in [3.63, 3.8) is 0 Å². The summed E-state index contributed by atoms with van der Waals surface area (Å²) in [5.41, 5.74) is 0.987. The van der Waals surface area contributed by atoms with Crippen LogP contribution in [0.4, 0.5) is 0 Å². The number of carbonyl (C=O) groups is 2. The van der Waals surface area contributed by atoms with Crippen molar-refractivity contribution in [2.75, 3.05) is 13.1 Å². The number of hydrogen-bond acceptors (Lipinski definition) is 3. The molecule has 0 radical (unpaired) electrons. The van der Waals surface area contributed by atoms with Crippen LogP contribution < -0.4 is 5.32 Å². The van der Waals surface area contributed by atoms with Gasteiger partial charge in [0.05, 0.1) is 17.7 Å². The van der Waals surface area contributed by atoms with E-state index in [1.807, 2.05) is 23.2 Å². The molecule has 0 aromatic carbocycles. The molecule has 3 aliphatic heterocycles. The van der Waals surface area contributed by atoms with Gasteiger partial charge in [0.1, 0.15) is 0 Å². The van der Waals surface area contributed by atoms with Crippen LogP contribution in [-0.2, 0) is 15.1 Å². The van der Waals surface area contributed by atoms with Gasteiger partial charge in [0.15, 0.2) is 0 Å². The zero-order chi connectivity index (χ0) is 16.3. The van der Waals surface area contributed by atoms with Gasteiger partial charge in [-0.05, 0) is 53.7 Å². The number of amides is 2. The standard InChI is InChI=1S/C11H11BrN2O.C6H11NO/c12-8-2-3-9(13-7-8)11-4-1-5-14(11)10(15)6-11;8-6-4-2-1-3-5-7-6/h2-3,7H,1,4-6H2;1-5H2,(H,7,8). The Balaban J connectivity index is 0.000000166. The van der Waals surface area contributed by atoms with Gasteiger partial charge in [-0.3, -0.25) is 14.6 Å². The number of carbonyl (C=O) groups excluding carboxylic acids is 2. The predicted octanol–water partition coefficient (Wildman–Crippen LogP) is 2.74. The van der Waals surface area contributed by atoms with E-state index in [1.165, 1.54) is 6.42 Å². The molecule has 4 heterocycles. The Morgan fingerprint density at radius 3 is 2.78 bits per heavy atom. The second-order valence-corrected chi connectivity index (χ2v) is 7.30. The second-order valence-electron chi connectivity index (χ2n) is 6.38. The lowest BCUT2D eigenvalue weighted by atomic mass is 9.81. The molecule has 1 N–H and O–H groups in total. The molecule has 0 aliphatic carbocycles. The molecule has 4 rings (SSSR count). The maximum atomic E-state index is 11.4. The fourth-order valence-corrected chi connectivity index (χ4v) is 3.83. The van der Waals surface area contributed by atoms with Crippen molar-refractivity contribution in [3.05, 3.63) is 28.5 Å². The van der Waals surface area contributed by atoms with E-state index in [1.54, 1.807) is 0 Å². The van der Waals surface area contributed by atoms with E-state index in [0.717, 1.165) is 55.4 Å². The smallest absolute Gasteiger partial charge is 0.226 e. The first-order chi connectivity index (χ1) is 11.1. The number of nitrogens with zero attached hydrogens (tertiary/aromatic N) is 2. The molecule has 3 saturated heterocycles. The molecule has 1 unspecified atom stereocenters. The van der Waals surface area contributed by atoms with Crippen molar-refractivity contribution < 1.29 is 9.59 Å². The van der Waals surface area contributed by atoms with Crippen LogP contribution in [0.1, 0.15) is 50.6 Å². The molecule has 1 aromatic heterocycles. The van der Waals surface area contributed by atoms with Crippen molar-refractivity contribution >= 4 is 27.7 Å². The molecule has 0 bridgehead atoms. The lowest BCUT2D eigenvalue weighted by Crippen LogP contribution is -2.57. The lowest BCUT2D eigenvalue weighted by molar-refractivity contribution is -0.153. The van der Waals surface area contributed by atoms with Gasteiger partial charge in [0.2, 0.25) is 11.8 Å². The van der Waals surface area contributed by atoms with Crippen LogP contribution in [0.3, 0.4) is 0 Å². The van der Waals surface area contributed by atoms with E-state index in [2.05, 4.69) is 26.2 Å². The van der Waals surface area contributed by atoms with Gasteiger partial charge in [0.25, 0.3) is 0 Å². The molecule has 124 valence electrons. The first-order valence-electron chi connectivity index (χ1n) is 8.31. The minimum absolute atomic E-state index is 0.0578. The Labute approximate surface area is 145 Å². The fourth-order valence-electron chi connectivity index (χ4n) is 3.59. The molecule has 2 amide bonds. The summed E-state index contributed by atoms with van der Waals surface area (Å²) in [6.45, 7) is 1.79. The minimum Gasteiger partial charge on any atom is -0.356 e. The maximum absolute atomic E-state index is 11.4. The number of β-lactam (4-membered cyclic amide) rings is 1. The number of nitrogens with one attached hydrogen (secondary N) is 1. The number of pyridine rings is 1. The van der Waals surface area contributed by atoms with E-state index in [9.17, 15) is 9.59 Å². The predicted molar refractivity (Wildman–Crippen MR) is 90.7 cm³/mol. The summed E-state index contributed by atoms with van der Waals surface area (Å²) >= 11 is 3.37. The Morgan fingerprint density at radius 1 is 1.17 bits per heavy atom. The van der Waals surface area contributed by atoms with Crippen molar-refractivity contribution in [1.82, 2.24) is 15.2 Å². The normalized spacial score (nSPS) is 26.4. The van der Waals surface area contributed by atoms with Gasteiger partial charge in [-0.15, -0.1) is 0 Å². The van der Waals surface area contributed by atoms with Gasteiger partial charge in [0, 0.05) is 30.2 Å². The summed E-state index contributed by atoms with van der Waals surface area (Å²) in [6.07, 6.45) is 8.79. The van der Waals surface area contributed by atoms with Crippen molar-refractivity contribution in [1.29, 1.82) is 0 Å². The van der Waals surface area contributed by atoms with Gasteiger partial charge in [-0.25, -0.2) is 0 Å². The summed E-state index contributed by atoms with van der Waals surface area (Å²) < 4.78 is 0.984. The molecule has 5 nitrogen and oxygen atoms in total. The summed E-state index contributed by atoms with van der Waals surface area (Å²) in [6, 6.07) is 4.02. The number of hydrogen-bond donors (Lipinski definition) is 1. The first kappa shape index (κ1) is 16.4. The van der Waals surface area contributed by atoms with Crippen molar-refractivity contribution in [3.8, 4) is 0 Å². The maximum Gasteiger partial charge on any atom is 0.226 e. The average Bonchev–Trinajstić information content (AvgIpc) is 2.71. The molecule has 1 aromatic rings. The van der Waals surface area contributed by atoms with Crippen molar-refractivity contribution in [2.24, 2.45) is 0 Å². The van der Waals surface area contributed by atoms with Gasteiger partial charge in [-0.1, -0.05) is 6.42 Å². The molecule has 1 atom stereocenters. The van der Waals surface area contributed by atoms with Crippen LogP contribution in [0.2, 0.25) is 0 Å². The lowest BCUT2D eigenvalue weighted by Gasteiger charge is -2.46. The molecule has 0 saturated carbocycles. The number of halogens is 1. The van der Waals surface area contributed by atoms with Crippen LogP contribution >= 0.6 is 15.9 Å². The molecule has 3 aliphatic rings. The second kappa shape index (κ2) is 6.99. The van der Waals surface area contributed by atoms with Gasteiger partial charge in [-0.2, -0.15) is 0 Å². The highest BCUT2D eigenvalue weighted by molar-refractivity contribution is 9.10. The molecular formula is C17H22BrN3O2. The topological polar surface area (TPSA) is 62.3 Å². The Bertz CT molecular complexity index is 580. The molecule has 0 spiro atoms. The van der Waals surface area contributed by atoms with E-state index < -0.39 is 0 Å². The van der Waals surface area contributed by atoms with Crippen LogP contribution in [0, 0.1) is 0 Å². The average molecular weight is 380 g/mol. The summed E-state index contributed by atoms with van der Waals surface area (Å²) in [5.74, 6) is 0.500. The molecule has 3 fully saturated rings. The zero-order valence-electron chi connectivity index (χ0n) is 13.2. The summed E-state index contributed by atoms with van der Waals surface area (Å²) in [5, 5.41) is 2.81. The quantitative estimate of drug-likeness (QED) is 0.763. The summed E-state index contributed by atoms with van der Waals surface area (Å²) in [7, 11) is 0. The van der Waals surface area contributed by atoms with Crippen LogP contribution in [-0.4, -0.2) is 34.8 Å². The van der Waals surface area contributed by atoms with Crippen LogP contribution in [0.15, 0.2) is 22.8 Å². The highest BCUT2D eigenvalue weighted by atomic mass is 79.9. The largest absolute Gasteiger partial charge is 0.356 e. The van der Waals surface area contributed by atoms with E-state index in [-0.39, 0.29) is 17.4 Å². The first-order valence-corrected chi connectivity index (χ1v) is 9.10. The van der Waals surface area contributed by atoms with Gasteiger partial charge >= 0.3 is 0 Å². The number of aromatic nitrogens is 1. The van der Waals surface area contributed by atoms with E-state index >= 15 is 0 Å². The molecule has 6 heteroatoms. The Morgan fingerprint density at radius 2 is 2.04 bits per heavy atom. The summed E-state index contributed by atoms with van der Waals surface area (Å²) in [4.78, 5) is 28.4. The SMILES string of the molecule is O=C1CC2(c3ccc(Br)cn3)CCCN12.O=C1CCCCCN1. The third-order valence-corrected chi connectivity index (χ3v) is 5.31. The van der Waals surface area contributed by atoms with Crippen LogP contribution in [0.5, 0.6) is 0 Å². The highest BCUT2D eigenvalue weighted by Gasteiger charge is 2.55. The van der Waals surface area contributed by atoms with Gasteiger partial charge < -0.3 is 10.2 Å². The Kier molecular flexibility index (Phi) is 4.99. The Hall–Kier alpha value is -1.43. The van der Waals surface area contributed by atoms with Crippen molar-refractivity contribution in [2.45, 2.75) is 50.5 Å². The molecular weight excluding hydrogens is 358 g/mol. The third kappa shape index (κ3) is 3.42. The fraction of sp³-hybridized carbons (Fsp3) is 0.588. The number of rotatable bonds is 1. The number of fused-ring (bicyclic) bond motifs is 1. The van der Waals surface area contributed by atoms with E-state index in [0.29, 0.717) is 6.42 Å².